The molecule has 0 spiro atoms. The smallest absolute Gasteiger partial charge is 0.348 e. The Hall–Kier alpha value is -3.32. The van der Waals surface area contributed by atoms with Crippen molar-refractivity contribution in [1.82, 2.24) is 19.9 Å². The normalized spacial score (nSPS) is 11.5. The molecule has 176 valence electrons. The molecule has 1 aliphatic rings. The minimum Gasteiger partial charge on any atom is -0.477 e. The number of nitrogen functional groups attached to an aromatic ring is 1. The molecule has 5 rings (SSSR count). The first kappa shape index (κ1) is 25.3. The van der Waals surface area contributed by atoms with Crippen molar-refractivity contribution in [3.8, 4) is 0 Å². The van der Waals surface area contributed by atoms with E-state index in [9.17, 15) is 9.59 Å². The summed E-state index contributed by atoms with van der Waals surface area (Å²) in [6, 6.07) is 3.49. The highest BCUT2D eigenvalue weighted by Crippen LogP contribution is 2.32. The number of thiophene rings is 2. The number of Topliss-reactive ketones (excluding diaryl/α,β-unsaturated/α-hetero) is 1. The van der Waals surface area contributed by atoms with Gasteiger partial charge in [-0.05, 0) is 46.1 Å². The number of carboxylic acids is 1. The third-order valence-electron chi connectivity index (χ3n) is 4.26. The van der Waals surface area contributed by atoms with E-state index in [0.717, 1.165) is 27.5 Å². The van der Waals surface area contributed by atoms with E-state index in [1.54, 1.807) is 17.6 Å². The SMILES string of the molecule is C.Nc1cnc(Cl)nc1Nc1ccsc1C(=O)O.O=C1Cc2cnc(Cl)nc2Nc2ccsc21. The first-order valence-electron chi connectivity index (χ1n) is 9.06. The van der Waals surface area contributed by atoms with Gasteiger partial charge in [0.05, 0.1) is 28.1 Å². The Bertz CT molecular complexity index is 1360. The molecule has 0 aliphatic carbocycles. The summed E-state index contributed by atoms with van der Waals surface area (Å²) >= 11 is 13.9. The number of anilines is 5. The molecule has 10 nitrogen and oxygen atoms in total. The summed E-state index contributed by atoms with van der Waals surface area (Å²) in [5, 5.41) is 18.6. The fourth-order valence-electron chi connectivity index (χ4n) is 2.80. The zero-order chi connectivity index (χ0) is 23.5. The summed E-state index contributed by atoms with van der Waals surface area (Å²) in [4.78, 5) is 39.3. The minimum atomic E-state index is -1.01. The fraction of sp³-hybridized carbons (Fsp3) is 0.100. The van der Waals surface area contributed by atoms with Crippen LogP contribution in [-0.4, -0.2) is 36.8 Å². The first-order valence-corrected chi connectivity index (χ1v) is 11.6. The van der Waals surface area contributed by atoms with E-state index in [-0.39, 0.29) is 40.2 Å². The van der Waals surface area contributed by atoms with E-state index in [0.29, 0.717) is 17.9 Å². The predicted molar refractivity (Wildman–Crippen MR) is 135 cm³/mol. The van der Waals surface area contributed by atoms with E-state index in [4.69, 9.17) is 34.0 Å². The number of aromatic nitrogens is 4. The van der Waals surface area contributed by atoms with Crippen molar-refractivity contribution in [3.63, 3.8) is 0 Å². The van der Waals surface area contributed by atoms with Gasteiger partial charge in [0, 0.05) is 18.2 Å². The number of rotatable bonds is 3. The Morgan fingerprint density at radius 3 is 2.59 bits per heavy atom. The van der Waals surface area contributed by atoms with Gasteiger partial charge in [0.2, 0.25) is 10.6 Å². The summed E-state index contributed by atoms with van der Waals surface area (Å²) in [6.45, 7) is 0. The summed E-state index contributed by atoms with van der Waals surface area (Å²) in [7, 11) is 0. The molecule has 0 saturated heterocycles. The lowest BCUT2D eigenvalue weighted by atomic mass is 10.1. The van der Waals surface area contributed by atoms with E-state index >= 15 is 0 Å². The summed E-state index contributed by atoms with van der Waals surface area (Å²) in [5.41, 5.74) is 7.92. The van der Waals surface area contributed by atoms with Crippen LogP contribution in [0.5, 0.6) is 0 Å². The van der Waals surface area contributed by atoms with Crippen LogP contribution in [-0.2, 0) is 6.42 Å². The van der Waals surface area contributed by atoms with Gasteiger partial charge in [0.25, 0.3) is 0 Å². The molecule has 0 unspecified atom stereocenters. The van der Waals surface area contributed by atoms with Crippen molar-refractivity contribution in [2.45, 2.75) is 13.8 Å². The summed E-state index contributed by atoms with van der Waals surface area (Å²) in [5.74, 6) is -0.0280. The van der Waals surface area contributed by atoms with Crippen molar-refractivity contribution in [3.05, 3.63) is 61.2 Å². The molecule has 5 N–H and O–H groups in total. The van der Waals surface area contributed by atoms with Gasteiger partial charge in [-0.15, -0.1) is 22.7 Å². The Labute approximate surface area is 211 Å². The van der Waals surface area contributed by atoms with Crippen LogP contribution in [0, 0.1) is 0 Å². The Balaban J connectivity index is 0.000000185. The highest BCUT2D eigenvalue weighted by molar-refractivity contribution is 7.13. The molecule has 4 aromatic rings. The van der Waals surface area contributed by atoms with Crippen molar-refractivity contribution in [2.75, 3.05) is 16.4 Å². The molecule has 14 heteroatoms. The topological polar surface area (TPSA) is 156 Å². The molecule has 0 amide bonds. The predicted octanol–water partition coefficient (Wildman–Crippen LogP) is 5.53. The van der Waals surface area contributed by atoms with Crippen molar-refractivity contribution in [1.29, 1.82) is 0 Å². The van der Waals surface area contributed by atoms with Crippen molar-refractivity contribution in [2.24, 2.45) is 0 Å². The maximum Gasteiger partial charge on any atom is 0.348 e. The highest BCUT2D eigenvalue weighted by Gasteiger charge is 2.21. The van der Waals surface area contributed by atoms with Gasteiger partial charge in [0.1, 0.15) is 10.7 Å². The highest BCUT2D eigenvalue weighted by atomic mass is 35.5. The maximum absolute atomic E-state index is 11.9. The number of nitrogens with two attached hydrogens (primary N) is 1. The number of aromatic carboxylic acids is 1. The molecule has 0 saturated carbocycles. The van der Waals surface area contributed by atoms with Gasteiger partial charge in [0.15, 0.2) is 11.6 Å². The largest absolute Gasteiger partial charge is 0.477 e. The Kier molecular flexibility index (Phi) is 7.99. The molecule has 0 aromatic carbocycles. The lowest BCUT2D eigenvalue weighted by Gasteiger charge is -2.07. The number of carbonyl (C=O) groups excluding carboxylic acids is 1. The molecule has 5 heterocycles. The number of fused-ring (bicyclic) bond motifs is 2. The molecule has 0 radical (unpaired) electrons. The molecule has 0 bridgehead atoms. The van der Waals surface area contributed by atoms with E-state index in [2.05, 4.69) is 30.6 Å². The number of halogens is 2. The molecule has 34 heavy (non-hydrogen) atoms. The number of hydrogen-bond donors (Lipinski definition) is 4. The van der Waals surface area contributed by atoms with Crippen LogP contribution in [0.2, 0.25) is 10.6 Å². The van der Waals surface area contributed by atoms with Gasteiger partial charge < -0.3 is 21.5 Å². The number of nitrogens with one attached hydrogen (secondary N) is 2. The quantitative estimate of drug-likeness (QED) is 0.245. The minimum absolute atomic E-state index is 0. The molecule has 1 aliphatic heterocycles. The van der Waals surface area contributed by atoms with Crippen LogP contribution in [0.25, 0.3) is 0 Å². The van der Waals surface area contributed by atoms with Crippen LogP contribution in [0.3, 0.4) is 0 Å². The molecule has 0 fully saturated rings. The van der Waals surface area contributed by atoms with Crippen LogP contribution in [0.4, 0.5) is 28.7 Å². The second-order valence-corrected chi connectivity index (χ2v) is 8.95. The van der Waals surface area contributed by atoms with E-state index < -0.39 is 5.97 Å². The zero-order valence-corrected chi connectivity index (χ0v) is 19.5. The molecule has 4 aromatic heterocycles. The average molecular weight is 538 g/mol. The third-order valence-corrected chi connectivity index (χ3v) is 6.48. The maximum atomic E-state index is 11.9. The summed E-state index contributed by atoms with van der Waals surface area (Å²) < 4.78 is 0. The summed E-state index contributed by atoms with van der Waals surface area (Å²) in [6.07, 6.45) is 3.25. The van der Waals surface area contributed by atoms with Crippen LogP contribution in [0.15, 0.2) is 35.3 Å². The Morgan fingerprint density at radius 2 is 1.82 bits per heavy atom. The number of carbonyl (C=O) groups is 2. The van der Waals surface area contributed by atoms with E-state index in [1.165, 1.54) is 17.5 Å². The second-order valence-electron chi connectivity index (χ2n) is 6.44. The van der Waals surface area contributed by atoms with Gasteiger partial charge >= 0.3 is 5.97 Å². The number of carboxylic acid groups (broad SMARTS) is 1. The molecular weight excluding hydrogens is 521 g/mol. The Morgan fingerprint density at radius 1 is 1.12 bits per heavy atom. The second kappa shape index (κ2) is 10.7. The molecular formula is C20H17Cl2N7O3S2. The molecule has 0 atom stereocenters. The number of ketones is 1. The van der Waals surface area contributed by atoms with Crippen LogP contribution >= 0.6 is 45.9 Å². The lowest BCUT2D eigenvalue weighted by Crippen LogP contribution is -2.03. The average Bonchev–Trinajstić information content (AvgIpc) is 3.40. The van der Waals surface area contributed by atoms with Crippen LogP contribution in [0.1, 0.15) is 32.3 Å². The number of nitrogens with zero attached hydrogens (tertiary/aromatic N) is 4. The third kappa shape index (κ3) is 5.59. The van der Waals surface area contributed by atoms with Crippen molar-refractivity contribution >= 4 is 86.3 Å². The first-order chi connectivity index (χ1) is 15.8. The van der Waals surface area contributed by atoms with Crippen LogP contribution < -0.4 is 16.4 Å². The standard InChI is InChI=1S/C10H6ClN3OS.C9H7ClN4O2S.CH4/c11-10-12-4-5-3-7(15)8-6(1-2-16-8)13-9(5)14-10;10-9-12-3-4(11)7(14-9)13-5-1-2-17-6(5)8(15)16;/h1-2,4H,3H2,(H,12,13,14);1-3H,11H2,(H,15,16)(H,12,13,14);1H4. The fourth-order valence-corrected chi connectivity index (χ4v) is 4.54. The zero-order valence-electron chi connectivity index (χ0n) is 16.4. The monoisotopic (exact) mass is 537 g/mol. The number of hydrogen-bond acceptors (Lipinski definition) is 11. The van der Waals surface area contributed by atoms with Crippen molar-refractivity contribution < 1.29 is 14.7 Å². The lowest BCUT2D eigenvalue weighted by molar-refractivity contribution is 0.0703. The van der Waals surface area contributed by atoms with Gasteiger partial charge in [-0.3, -0.25) is 4.79 Å². The van der Waals surface area contributed by atoms with Gasteiger partial charge in [-0.1, -0.05) is 7.43 Å². The van der Waals surface area contributed by atoms with Gasteiger partial charge in [-0.2, -0.15) is 4.98 Å². The van der Waals surface area contributed by atoms with Gasteiger partial charge in [-0.25, -0.2) is 19.7 Å². The van der Waals surface area contributed by atoms with E-state index in [1.807, 2.05) is 11.4 Å².